The maximum absolute atomic E-state index is 9.75. The molecule has 0 aromatic rings. The van der Waals surface area contributed by atoms with Gasteiger partial charge in [0.15, 0.2) is 0 Å². The van der Waals surface area contributed by atoms with E-state index in [0.29, 0.717) is 0 Å². The van der Waals surface area contributed by atoms with Gasteiger partial charge in [-0.25, -0.2) is 0 Å². The van der Waals surface area contributed by atoms with E-state index in [1.165, 1.54) is 0 Å². The van der Waals surface area contributed by atoms with Gasteiger partial charge in [-0.2, -0.15) is 0 Å². The summed E-state index contributed by atoms with van der Waals surface area (Å²) in [4.78, 5) is 39.0. The molecule has 0 bridgehead atoms. The summed E-state index contributed by atoms with van der Waals surface area (Å²) in [5, 5.41) is 0. The Hall–Kier alpha value is 1.18. The predicted octanol–water partition coefficient (Wildman–Crippen LogP) is -3.19. The molecule has 11 heavy (non-hydrogen) atoms. The van der Waals surface area contributed by atoms with Gasteiger partial charge in [-0.3, -0.25) is 0 Å². The van der Waals surface area contributed by atoms with E-state index in [-0.39, 0.29) is 26.2 Å². The Balaban J connectivity index is 0. The smallest absolute Gasteiger partial charge is 0.811 e. The number of hydrogen-bond donors (Lipinski definition) is 0. The standard InChI is InChI=1S/C2H8O6P2.Zr/c3-9(4,5)1-2-10(6,7)8;/h1-2H2,(H2,3,4,5)(H2,6,7,8);/q;+4/p-4. The molecule has 0 heterocycles. The Morgan fingerprint density at radius 1 is 0.818 bits per heavy atom. The summed E-state index contributed by atoms with van der Waals surface area (Å²) in [6.45, 7) is 0. The minimum Gasteiger partial charge on any atom is -0.811 e. The number of hydrogen-bond acceptors (Lipinski definition) is 6. The average molecular weight is 277 g/mol. The third-order valence-electron chi connectivity index (χ3n) is 0.648. The quantitative estimate of drug-likeness (QED) is 0.500. The third kappa shape index (κ3) is 14.1. The van der Waals surface area contributed by atoms with E-state index < -0.39 is 27.5 Å². The van der Waals surface area contributed by atoms with Crippen molar-refractivity contribution in [2.24, 2.45) is 0 Å². The first kappa shape index (κ1) is 14.7. The molecule has 0 fully saturated rings. The van der Waals surface area contributed by atoms with Gasteiger partial charge in [-0.05, 0) is 12.3 Å². The molecule has 0 aliphatic rings. The van der Waals surface area contributed by atoms with Gasteiger partial charge in [0.25, 0.3) is 0 Å². The van der Waals surface area contributed by atoms with Crippen molar-refractivity contribution >= 4 is 15.2 Å². The molecule has 0 saturated carbocycles. The Bertz CT molecular complexity index is 169. The molecule has 0 aliphatic carbocycles. The van der Waals surface area contributed by atoms with E-state index in [4.69, 9.17) is 0 Å². The second-order valence-corrected chi connectivity index (χ2v) is 5.01. The molecule has 0 aromatic heterocycles. The van der Waals surface area contributed by atoms with Crippen LogP contribution < -0.4 is 19.6 Å². The fraction of sp³-hybridized carbons (Fsp3) is 1.00. The van der Waals surface area contributed by atoms with Crippen molar-refractivity contribution in [2.45, 2.75) is 0 Å². The van der Waals surface area contributed by atoms with Crippen LogP contribution in [0.2, 0.25) is 0 Å². The molecular weight excluding hydrogens is 273 g/mol. The van der Waals surface area contributed by atoms with E-state index in [1.807, 2.05) is 0 Å². The minimum absolute atomic E-state index is 0. The first-order valence-corrected chi connectivity index (χ1v) is 5.68. The summed E-state index contributed by atoms with van der Waals surface area (Å²) >= 11 is 0. The maximum Gasteiger partial charge on any atom is 4.00 e. The molecule has 0 spiro atoms. The van der Waals surface area contributed by atoms with Crippen molar-refractivity contribution in [3.05, 3.63) is 0 Å². The van der Waals surface area contributed by atoms with Gasteiger partial charge >= 0.3 is 26.2 Å². The van der Waals surface area contributed by atoms with Crippen molar-refractivity contribution in [2.75, 3.05) is 12.3 Å². The van der Waals surface area contributed by atoms with Crippen molar-refractivity contribution in [1.29, 1.82) is 0 Å². The van der Waals surface area contributed by atoms with Crippen molar-refractivity contribution in [3.8, 4) is 0 Å². The van der Waals surface area contributed by atoms with Crippen LogP contribution in [0.1, 0.15) is 0 Å². The van der Waals surface area contributed by atoms with Crippen LogP contribution in [0.3, 0.4) is 0 Å². The Kier molecular flexibility index (Phi) is 6.72. The summed E-state index contributed by atoms with van der Waals surface area (Å²) in [5.74, 6) is 0. The summed E-state index contributed by atoms with van der Waals surface area (Å²) < 4.78 is 19.5. The second kappa shape index (κ2) is 5.03. The predicted molar refractivity (Wildman–Crippen MR) is 24.9 cm³/mol. The number of rotatable bonds is 3. The van der Waals surface area contributed by atoms with Gasteiger partial charge in [-0.15, -0.1) is 0 Å². The van der Waals surface area contributed by atoms with E-state index in [1.54, 1.807) is 0 Å². The molecule has 0 aliphatic heterocycles. The van der Waals surface area contributed by atoms with Crippen LogP contribution in [0, 0.1) is 0 Å². The molecule has 0 radical (unpaired) electrons. The van der Waals surface area contributed by atoms with Crippen LogP contribution in [-0.2, 0) is 35.3 Å². The summed E-state index contributed by atoms with van der Waals surface area (Å²) in [5.41, 5.74) is 0. The van der Waals surface area contributed by atoms with Crippen LogP contribution in [-0.4, -0.2) is 12.3 Å². The topological polar surface area (TPSA) is 126 Å². The average Bonchev–Trinajstić information content (AvgIpc) is 1.57. The van der Waals surface area contributed by atoms with E-state index in [9.17, 15) is 28.7 Å². The van der Waals surface area contributed by atoms with E-state index in [2.05, 4.69) is 0 Å². The molecular formula is C2H4O6P2Zr. The molecule has 0 N–H and O–H groups in total. The molecule has 0 rings (SSSR count). The molecule has 0 atom stereocenters. The van der Waals surface area contributed by atoms with Crippen molar-refractivity contribution in [3.63, 3.8) is 0 Å². The van der Waals surface area contributed by atoms with Gasteiger partial charge < -0.3 is 28.7 Å². The van der Waals surface area contributed by atoms with Crippen molar-refractivity contribution < 1.29 is 54.9 Å². The largest absolute Gasteiger partial charge is 4.00 e. The summed E-state index contributed by atoms with van der Waals surface area (Å²) in [6, 6.07) is 0. The first-order valence-electron chi connectivity index (χ1n) is 2.23. The van der Waals surface area contributed by atoms with Gasteiger partial charge in [0.05, 0.1) is 0 Å². The first-order chi connectivity index (χ1) is 4.21. The van der Waals surface area contributed by atoms with Crippen LogP contribution in [0.5, 0.6) is 0 Å². The third-order valence-corrected chi connectivity index (χ3v) is 2.54. The maximum atomic E-state index is 9.75. The monoisotopic (exact) mass is 276 g/mol. The minimum atomic E-state index is -4.83. The summed E-state index contributed by atoms with van der Waals surface area (Å²) in [7, 11) is -9.67. The van der Waals surface area contributed by atoms with E-state index in [0.717, 1.165) is 0 Å². The van der Waals surface area contributed by atoms with Crippen LogP contribution >= 0.6 is 15.2 Å². The van der Waals surface area contributed by atoms with E-state index >= 15 is 0 Å². The molecule has 6 nitrogen and oxygen atoms in total. The zero-order valence-electron chi connectivity index (χ0n) is 5.26. The molecule has 0 unspecified atom stereocenters. The second-order valence-electron chi connectivity index (χ2n) is 1.67. The molecule has 0 saturated heterocycles. The Labute approximate surface area is 82.5 Å². The molecule has 0 aromatic carbocycles. The zero-order valence-corrected chi connectivity index (χ0v) is 9.51. The van der Waals surface area contributed by atoms with Gasteiger partial charge in [0.1, 0.15) is 0 Å². The summed E-state index contributed by atoms with van der Waals surface area (Å²) in [6.07, 6.45) is -2.23. The van der Waals surface area contributed by atoms with Crippen molar-refractivity contribution in [1.82, 2.24) is 0 Å². The van der Waals surface area contributed by atoms with Crippen LogP contribution in [0.25, 0.3) is 0 Å². The fourth-order valence-corrected chi connectivity index (χ4v) is 2.20. The molecule has 0 amide bonds. The van der Waals surface area contributed by atoms with Crippen LogP contribution in [0.4, 0.5) is 0 Å². The Morgan fingerprint density at radius 3 is 1.09 bits per heavy atom. The Morgan fingerprint density at radius 2 is 1.00 bits per heavy atom. The van der Waals surface area contributed by atoms with Gasteiger partial charge in [0.2, 0.25) is 0 Å². The molecule has 9 heteroatoms. The normalized spacial score (nSPS) is 12.4. The van der Waals surface area contributed by atoms with Gasteiger partial charge in [-0.1, -0.05) is 15.2 Å². The van der Waals surface area contributed by atoms with Crippen LogP contribution in [0.15, 0.2) is 0 Å². The fourth-order valence-electron chi connectivity index (χ4n) is 0.245. The SMILES string of the molecule is O=P([O-])([O-])CCP(=O)([O-])[O-].[Zr+4]. The zero-order chi connectivity index (χ0) is 8.41. The molecule has 62 valence electrons. The van der Waals surface area contributed by atoms with Gasteiger partial charge in [0, 0.05) is 0 Å².